The van der Waals surface area contributed by atoms with E-state index in [1.165, 1.54) is 84.3 Å². The molecule has 0 radical (unpaired) electrons. The molecule has 1 heterocycles. The molecule has 0 spiro atoms. The van der Waals surface area contributed by atoms with Crippen molar-refractivity contribution in [2.24, 2.45) is 5.92 Å². The predicted molar refractivity (Wildman–Crippen MR) is 87.2 cm³/mol. The van der Waals surface area contributed by atoms with Gasteiger partial charge in [0, 0.05) is 38.8 Å². The van der Waals surface area contributed by atoms with Gasteiger partial charge in [0.1, 0.15) is 0 Å². The molecule has 0 bridgehead atoms. The van der Waals surface area contributed by atoms with Crippen LogP contribution in [0.25, 0.3) is 0 Å². The summed E-state index contributed by atoms with van der Waals surface area (Å²) in [5.41, 5.74) is 0. The Morgan fingerprint density at radius 3 is 2.40 bits per heavy atom. The molecule has 1 unspecified atom stereocenters. The molecule has 1 aliphatic carbocycles. The lowest BCUT2D eigenvalue weighted by Crippen LogP contribution is -2.47. The summed E-state index contributed by atoms with van der Waals surface area (Å²) in [7, 11) is 0. The molecule has 1 saturated heterocycles. The maximum absolute atomic E-state index is 3.58. The summed E-state index contributed by atoms with van der Waals surface area (Å²) in [5, 5.41) is 3.58. The Balaban J connectivity index is 1.44. The minimum absolute atomic E-state index is 0.699. The number of unbranched alkanes of at least 4 members (excludes halogenated alkanes) is 1. The van der Waals surface area contributed by atoms with Crippen LogP contribution in [0.2, 0.25) is 0 Å². The first-order valence-corrected chi connectivity index (χ1v) is 8.96. The van der Waals surface area contributed by atoms with Gasteiger partial charge in [0.15, 0.2) is 0 Å². The van der Waals surface area contributed by atoms with E-state index in [4.69, 9.17) is 0 Å². The second kappa shape index (κ2) is 9.01. The van der Waals surface area contributed by atoms with Crippen LogP contribution in [0.3, 0.4) is 0 Å². The molecule has 3 nitrogen and oxygen atoms in total. The van der Waals surface area contributed by atoms with Crippen molar-refractivity contribution in [3.05, 3.63) is 0 Å². The summed E-state index contributed by atoms with van der Waals surface area (Å²) in [6, 6.07) is 0.699. The first-order chi connectivity index (χ1) is 9.78. The van der Waals surface area contributed by atoms with E-state index >= 15 is 0 Å². The standard InChI is InChI=1S/C17H35N3/c1-3-9-18-16(2)6-4-5-10-19-11-13-20(14-12-19)15-17-7-8-17/h16-18H,3-15H2,1-2H3. The molecule has 2 fully saturated rings. The topological polar surface area (TPSA) is 18.5 Å². The van der Waals surface area contributed by atoms with Gasteiger partial charge in [-0.15, -0.1) is 0 Å². The van der Waals surface area contributed by atoms with E-state index in [1.807, 2.05) is 0 Å². The number of nitrogens with one attached hydrogen (secondary N) is 1. The van der Waals surface area contributed by atoms with Gasteiger partial charge in [-0.25, -0.2) is 0 Å². The van der Waals surface area contributed by atoms with E-state index < -0.39 is 0 Å². The molecule has 1 N–H and O–H groups in total. The Labute approximate surface area is 126 Å². The van der Waals surface area contributed by atoms with Crippen molar-refractivity contribution in [1.82, 2.24) is 15.1 Å². The molecule has 1 atom stereocenters. The Morgan fingerprint density at radius 1 is 1.05 bits per heavy atom. The molecular formula is C17H35N3. The van der Waals surface area contributed by atoms with Gasteiger partial charge in [0.2, 0.25) is 0 Å². The van der Waals surface area contributed by atoms with Crippen molar-refractivity contribution >= 4 is 0 Å². The molecular weight excluding hydrogens is 246 g/mol. The summed E-state index contributed by atoms with van der Waals surface area (Å²) >= 11 is 0. The number of piperazine rings is 1. The Hall–Kier alpha value is -0.120. The second-order valence-corrected chi connectivity index (χ2v) is 6.94. The van der Waals surface area contributed by atoms with Crippen LogP contribution >= 0.6 is 0 Å². The largest absolute Gasteiger partial charge is 0.314 e. The van der Waals surface area contributed by atoms with Crippen molar-refractivity contribution in [2.45, 2.75) is 58.4 Å². The third-order valence-electron chi connectivity index (χ3n) is 4.78. The molecule has 0 amide bonds. The van der Waals surface area contributed by atoms with E-state index in [2.05, 4.69) is 29.0 Å². The van der Waals surface area contributed by atoms with Gasteiger partial charge in [-0.3, -0.25) is 0 Å². The Bertz CT molecular complexity index is 245. The van der Waals surface area contributed by atoms with E-state index in [0.717, 1.165) is 5.92 Å². The molecule has 1 saturated carbocycles. The van der Waals surface area contributed by atoms with Crippen LogP contribution in [-0.4, -0.2) is 61.7 Å². The number of hydrogen-bond acceptors (Lipinski definition) is 3. The van der Waals surface area contributed by atoms with Crippen LogP contribution in [-0.2, 0) is 0 Å². The van der Waals surface area contributed by atoms with Gasteiger partial charge in [-0.05, 0) is 58.0 Å². The zero-order valence-electron chi connectivity index (χ0n) is 13.7. The summed E-state index contributed by atoms with van der Waals surface area (Å²) < 4.78 is 0. The van der Waals surface area contributed by atoms with Crippen LogP contribution in [0.5, 0.6) is 0 Å². The first kappa shape index (κ1) is 16.3. The normalized spacial score (nSPS) is 23.1. The average Bonchev–Trinajstić information content (AvgIpc) is 3.27. The fraction of sp³-hybridized carbons (Fsp3) is 1.00. The molecule has 3 heteroatoms. The summed E-state index contributed by atoms with van der Waals surface area (Å²) in [6.45, 7) is 13.7. The SMILES string of the molecule is CCCNC(C)CCCCN1CCN(CC2CC2)CC1. The van der Waals surface area contributed by atoms with Crippen LogP contribution < -0.4 is 5.32 Å². The molecule has 0 aromatic carbocycles. The smallest absolute Gasteiger partial charge is 0.0110 e. The van der Waals surface area contributed by atoms with Gasteiger partial charge >= 0.3 is 0 Å². The van der Waals surface area contributed by atoms with Crippen molar-refractivity contribution in [3.63, 3.8) is 0 Å². The lowest BCUT2D eigenvalue weighted by Gasteiger charge is -2.34. The number of rotatable bonds is 10. The zero-order valence-corrected chi connectivity index (χ0v) is 13.7. The summed E-state index contributed by atoms with van der Waals surface area (Å²) in [6.07, 6.45) is 8.31. The fourth-order valence-electron chi connectivity index (χ4n) is 3.14. The first-order valence-electron chi connectivity index (χ1n) is 8.96. The molecule has 20 heavy (non-hydrogen) atoms. The quantitative estimate of drug-likeness (QED) is 0.621. The van der Waals surface area contributed by atoms with Crippen LogP contribution in [0.15, 0.2) is 0 Å². The lowest BCUT2D eigenvalue weighted by molar-refractivity contribution is 0.126. The summed E-state index contributed by atoms with van der Waals surface area (Å²) in [4.78, 5) is 5.36. The van der Waals surface area contributed by atoms with Crippen molar-refractivity contribution in [3.8, 4) is 0 Å². The maximum Gasteiger partial charge on any atom is 0.0110 e. The predicted octanol–water partition coefficient (Wildman–Crippen LogP) is 2.57. The third-order valence-corrected chi connectivity index (χ3v) is 4.78. The van der Waals surface area contributed by atoms with Crippen molar-refractivity contribution in [1.29, 1.82) is 0 Å². The van der Waals surface area contributed by atoms with E-state index in [0.29, 0.717) is 6.04 Å². The van der Waals surface area contributed by atoms with Gasteiger partial charge in [0.25, 0.3) is 0 Å². The van der Waals surface area contributed by atoms with E-state index in [1.54, 1.807) is 0 Å². The zero-order chi connectivity index (χ0) is 14.2. The van der Waals surface area contributed by atoms with Gasteiger partial charge < -0.3 is 15.1 Å². The molecule has 2 rings (SSSR count). The number of nitrogens with zero attached hydrogens (tertiary/aromatic N) is 2. The Morgan fingerprint density at radius 2 is 1.75 bits per heavy atom. The monoisotopic (exact) mass is 281 g/mol. The molecule has 2 aliphatic rings. The molecule has 118 valence electrons. The average molecular weight is 281 g/mol. The maximum atomic E-state index is 3.58. The van der Waals surface area contributed by atoms with Crippen molar-refractivity contribution < 1.29 is 0 Å². The fourth-order valence-corrected chi connectivity index (χ4v) is 3.14. The van der Waals surface area contributed by atoms with Crippen LogP contribution in [0, 0.1) is 5.92 Å². The van der Waals surface area contributed by atoms with Gasteiger partial charge in [-0.2, -0.15) is 0 Å². The molecule has 1 aliphatic heterocycles. The third kappa shape index (κ3) is 6.55. The minimum atomic E-state index is 0.699. The highest BCUT2D eigenvalue weighted by Crippen LogP contribution is 2.29. The van der Waals surface area contributed by atoms with Crippen LogP contribution in [0.1, 0.15) is 52.4 Å². The minimum Gasteiger partial charge on any atom is -0.314 e. The highest BCUT2D eigenvalue weighted by molar-refractivity contribution is 4.80. The molecule has 0 aromatic rings. The molecule has 0 aromatic heterocycles. The van der Waals surface area contributed by atoms with Gasteiger partial charge in [0.05, 0.1) is 0 Å². The second-order valence-electron chi connectivity index (χ2n) is 6.94. The van der Waals surface area contributed by atoms with E-state index in [-0.39, 0.29) is 0 Å². The van der Waals surface area contributed by atoms with E-state index in [9.17, 15) is 0 Å². The Kier molecular flexibility index (Phi) is 7.32. The highest BCUT2D eigenvalue weighted by atomic mass is 15.3. The summed E-state index contributed by atoms with van der Waals surface area (Å²) in [5.74, 6) is 1.05. The highest BCUT2D eigenvalue weighted by Gasteiger charge is 2.26. The number of hydrogen-bond donors (Lipinski definition) is 1. The lowest BCUT2D eigenvalue weighted by atomic mass is 10.1. The van der Waals surface area contributed by atoms with Gasteiger partial charge in [-0.1, -0.05) is 13.3 Å². The van der Waals surface area contributed by atoms with Crippen molar-refractivity contribution in [2.75, 3.05) is 45.8 Å². The van der Waals surface area contributed by atoms with Crippen LogP contribution in [0.4, 0.5) is 0 Å².